The van der Waals surface area contributed by atoms with E-state index in [1.165, 1.54) is 94.6 Å². The van der Waals surface area contributed by atoms with Gasteiger partial charge in [0.15, 0.2) is 6.23 Å². The molecule has 2 heterocycles. The smallest absolute Gasteiger partial charge is 0.351 e. The van der Waals surface area contributed by atoms with E-state index >= 15 is 0 Å². The number of ether oxygens (including phenoxy) is 3. The second-order valence-corrected chi connectivity index (χ2v) is 12.2. The molecule has 0 bridgehead atoms. The lowest BCUT2D eigenvalue weighted by Crippen LogP contribution is -2.39. The van der Waals surface area contributed by atoms with Crippen molar-refractivity contribution in [3.8, 4) is 0 Å². The molecule has 0 radical (unpaired) electrons. The molecular formula is C27H50N3O7P. The predicted octanol–water partition coefficient (Wildman–Crippen LogP) is 5.44. The van der Waals surface area contributed by atoms with Gasteiger partial charge in [0.25, 0.3) is 0 Å². The molecular weight excluding hydrogens is 509 g/mol. The molecule has 1 aliphatic rings. The third-order valence-corrected chi connectivity index (χ3v) is 7.50. The van der Waals surface area contributed by atoms with Gasteiger partial charge in [-0.15, -0.1) is 0 Å². The van der Waals surface area contributed by atoms with Gasteiger partial charge in [0.1, 0.15) is 24.1 Å². The number of aromatic nitrogens is 2. The monoisotopic (exact) mass is 559 g/mol. The largest absolute Gasteiger partial charge is 0.383 e. The minimum absolute atomic E-state index is 0.0961. The zero-order valence-electron chi connectivity index (χ0n) is 23.6. The number of nitrogens with zero attached hydrogens (tertiary/aromatic N) is 2. The maximum Gasteiger partial charge on any atom is 0.351 e. The Morgan fingerprint density at radius 1 is 1.00 bits per heavy atom. The lowest BCUT2D eigenvalue weighted by molar-refractivity contribution is -0.0767. The quantitative estimate of drug-likeness (QED) is 0.149. The van der Waals surface area contributed by atoms with Crippen molar-refractivity contribution in [3.63, 3.8) is 0 Å². The van der Waals surface area contributed by atoms with Crippen molar-refractivity contribution in [2.75, 3.05) is 32.7 Å². The summed E-state index contributed by atoms with van der Waals surface area (Å²) in [6, 6.07) is 1.49. The van der Waals surface area contributed by atoms with Crippen LogP contribution in [-0.4, -0.2) is 59.7 Å². The minimum Gasteiger partial charge on any atom is -0.383 e. The molecule has 3 N–H and O–H groups in total. The molecule has 1 aromatic heterocycles. The van der Waals surface area contributed by atoms with Crippen molar-refractivity contribution >= 4 is 13.4 Å². The van der Waals surface area contributed by atoms with E-state index in [1.54, 1.807) is 0 Å². The zero-order chi connectivity index (χ0) is 27.8. The van der Waals surface area contributed by atoms with Crippen LogP contribution in [0, 0.1) is 0 Å². The van der Waals surface area contributed by atoms with Crippen LogP contribution >= 0.6 is 7.60 Å². The fourth-order valence-corrected chi connectivity index (χ4v) is 5.60. The molecule has 0 aliphatic carbocycles. The standard InChI is InChI=1S/C27H50N3O7P/c1-4-5-6-7-8-9-10-11-12-13-14-15-16-17-20-35-25-24(37-38(3,32)33)22(21-34-2)36-26(25)30-19-18-23(28)29-27(30)31/h18-19,22,24-26H,4-17,20-21H2,1-3H3,(H,32,33)(H2,28,29,31)/t22-,24+,25+,26-/m1/s1. The fourth-order valence-electron chi connectivity index (χ4n) is 4.90. The topological polar surface area (TPSA) is 135 Å². The number of anilines is 1. The van der Waals surface area contributed by atoms with E-state index in [-0.39, 0.29) is 12.4 Å². The highest BCUT2D eigenvalue weighted by Crippen LogP contribution is 2.45. The Bertz CT molecular complexity index is 878. The Balaban J connectivity index is 1.78. The maximum atomic E-state index is 12.5. The summed E-state index contributed by atoms with van der Waals surface area (Å²) in [5.41, 5.74) is 5.04. The average molecular weight is 560 g/mol. The van der Waals surface area contributed by atoms with E-state index in [0.717, 1.165) is 25.9 Å². The number of hydrogen-bond acceptors (Lipinski definition) is 8. The first kappa shape index (κ1) is 32.9. The van der Waals surface area contributed by atoms with Crippen LogP contribution in [0.4, 0.5) is 5.82 Å². The summed E-state index contributed by atoms with van der Waals surface area (Å²) in [4.78, 5) is 26.2. The molecule has 0 amide bonds. The molecule has 0 saturated carbocycles. The Morgan fingerprint density at radius 2 is 1.55 bits per heavy atom. The van der Waals surface area contributed by atoms with Gasteiger partial charge in [0.05, 0.1) is 6.61 Å². The summed E-state index contributed by atoms with van der Waals surface area (Å²) in [6.45, 7) is 3.89. The number of nitrogens with two attached hydrogens (primary N) is 1. The second-order valence-electron chi connectivity index (χ2n) is 10.4. The van der Waals surface area contributed by atoms with Crippen molar-refractivity contribution in [2.45, 2.75) is 121 Å². The van der Waals surface area contributed by atoms with Crippen LogP contribution in [0.25, 0.3) is 0 Å². The van der Waals surface area contributed by atoms with Crippen molar-refractivity contribution in [1.29, 1.82) is 0 Å². The normalized spacial score (nSPS) is 23.1. The summed E-state index contributed by atoms with van der Waals surface area (Å²) in [5.74, 6) is 0.0961. The summed E-state index contributed by atoms with van der Waals surface area (Å²) in [5, 5.41) is 0. The third kappa shape index (κ3) is 12.3. The van der Waals surface area contributed by atoms with Crippen molar-refractivity contribution in [2.24, 2.45) is 0 Å². The molecule has 38 heavy (non-hydrogen) atoms. The molecule has 1 aromatic rings. The van der Waals surface area contributed by atoms with Gasteiger partial charge in [-0.3, -0.25) is 13.7 Å². The molecule has 1 aliphatic heterocycles. The van der Waals surface area contributed by atoms with E-state index in [9.17, 15) is 14.3 Å². The number of rotatable bonds is 21. The van der Waals surface area contributed by atoms with E-state index in [1.807, 2.05) is 0 Å². The van der Waals surface area contributed by atoms with Gasteiger partial charge in [-0.1, -0.05) is 90.4 Å². The number of unbranched alkanes of at least 4 members (excludes halogenated alkanes) is 13. The predicted molar refractivity (Wildman–Crippen MR) is 149 cm³/mol. The molecule has 11 heteroatoms. The molecule has 220 valence electrons. The Kier molecular flexibility index (Phi) is 15.7. The van der Waals surface area contributed by atoms with Gasteiger partial charge >= 0.3 is 13.3 Å². The van der Waals surface area contributed by atoms with Crippen LogP contribution < -0.4 is 11.4 Å². The van der Waals surface area contributed by atoms with Crippen LogP contribution in [0.5, 0.6) is 0 Å². The van der Waals surface area contributed by atoms with Crippen LogP contribution in [0.1, 0.15) is 103 Å². The first-order valence-corrected chi connectivity index (χ1v) is 16.4. The highest BCUT2D eigenvalue weighted by molar-refractivity contribution is 7.51. The van der Waals surface area contributed by atoms with E-state index in [0.29, 0.717) is 6.61 Å². The molecule has 10 nitrogen and oxygen atoms in total. The third-order valence-electron chi connectivity index (χ3n) is 6.87. The first-order chi connectivity index (χ1) is 18.3. The van der Waals surface area contributed by atoms with Crippen LogP contribution in [0.2, 0.25) is 0 Å². The molecule has 5 atom stereocenters. The number of methoxy groups -OCH3 is 1. The average Bonchev–Trinajstić information content (AvgIpc) is 3.17. The lowest BCUT2D eigenvalue weighted by atomic mass is 10.0. The maximum absolute atomic E-state index is 12.5. The Morgan fingerprint density at radius 3 is 2.05 bits per heavy atom. The SMILES string of the molecule is CCCCCCCCCCCCCCCCO[C@H]1[C@@H](OP(C)(=O)O)[C@@H](COC)O[C@H]1n1ccc(N)nc1=O. The summed E-state index contributed by atoms with van der Waals surface area (Å²) in [6.07, 6.45) is 15.8. The Labute approximate surface area is 228 Å². The minimum atomic E-state index is -3.86. The molecule has 1 saturated heterocycles. The summed E-state index contributed by atoms with van der Waals surface area (Å²) in [7, 11) is -2.36. The van der Waals surface area contributed by atoms with Crippen molar-refractivity contribution in [3.05, 3.63) is 22.7 Å². The van der Waals surface area contributed by atoms with E-state index < -0.39 is 37.8 Å². The van der Waals surface area contributed by atoms with Crippen molar-refractivity contribution < 1.29 is 28.2 Å². The van der Waals surface area contributed by atoms with Gasteiger partial charge in [0, 0.05) is 26.6 Å². The number of hydrogen-bond donors (Lipinski definition) is 2. The van der Waals surface area contributed by atoms with Gasteiger partial charge in [-0.2, -0.15) is 4.98 Å². The van der Waals surface area contributed by atoms with Gasteiger partial charge < -0.3 is 24.8 Å². The number of nitrogen functional groups attached to an aromatic ring is 1. The van der Waals surface area contributed by atoms with Crippen LogP contribution in [0.3, 0.4) is 0 Å². The summed E-state index contributed by atoms with van der Waals surface area (Å²) >= 11 is 0. The fraction of sp³-hybridized carbons (Fsp3) is 0.852. The molecule has 0 aromatic carbocycles. The lowest BCUT2D eigenvalue weighted by Gasteiger charge is -2.26. The second kappa shape index (κ2) is 18.1. The van der Waals surface area contributed by atoms with E-state index in [2.05, 4.69) is 11.9 Å². The van der Waals surface area contributed by atoms with Crippen molar-refractivity contribution in [1.82, 2.24) is 9.55 Å². The van der Waals surface area contributed by atoms with Crippen LogP contribution in [0.15, 0.2) is 17.1 Å². The summed E-state index contributed by atoms with van der Waals surface area (Å²) < 4.78 is 36.3. The molecule has 2 rings (SSSR count). The van der Waals surface area contributed by atoms with Gasteiger partial charge in [0.2, 0.25) is 0 Å². The molecule has 1 fully saturated rings. The molecule has 1 unspecified atom stereocenters. The first-order valence-electron chi connectivity index (χ1n) is 14.4. The highest BCUT2D eigenvalue weighted by Gasteiger charge is 2.49. The Hall–Kier alpha value is -1.29. The molecule has 0 spiro atoms. The highest BCUT2D eigenvalue weighted by atomic mass is 31.2. The zero-order valence-corrected chi connectivity index (χ0v) is 24.5. The van der Waals surface area contributed by atoms with E-state index in [4.69, 9.17) is 24.5 Å². The van der Waals surface area contributed by atoms with Gasteiger partial charge in [-0.25, -0.2) is 4.79 Å². The van der Waals surface area contributed by atoms with Crippen LogP contribution in [-0.2, 0) is 23.3 Å². The van der Waals surface area contributed by atoms with Gasteiger partial charge in [-0.05, 0) is 12.5 Å².